The highest BCUT2D eigenvalue weighted by Gasteiger charge is 2.13. The van der Waals surface area contributed by atoms with Crippen LogP contribution >= 0.6 is 22.6 Å². The van der Waals surface area contributed by atoms with Gasteiger partial charge < -0.3 is 15.0 Å². The molecule has 0 aliphatic carbocycles. The Morgan fingerprint density at radius 3 is 2.46 bits per heavy atom. The molecule has 4 aromatic rings. The molecule has 0 saturated carbocycles. The van der Waals surface area contributed by atoms with Crippen molar-refractivity contribution in [2.45, 2.75) is 19.2 Å². The van der Waals surface area contributed by atoms with Crippen LogP contribution < -0.4 is 5.32 Å². The molecule has 26 heavy (non-hydrogen) atoms. The topological polar surface area (TPSA) is 37.2 Å². The van der Waals surface area contributed by atoms with Crippen LogP contribution in [0.5, 0.6) is 0 Å². The lowest BCUT2D eigenvalue weighted by Crippen LogP contribution is -2.29. The van der Waals surface area contributed by atoms with Crippen molar-refractivity contribution in [1.29, 1.82) is 0 Å². The number of nitrogens with zero attached hydrogens (tertiary/aromatic N) is 1. The van der Waals surface area contributed by atoms with Gasteiger partial charge in [-0.2, -0.15) is 0 Å². The molecule has 0 aliphatic heterocycles. The minimum Gasteiger partial charge on any atom is -0.390 e. The Balaban J connectivity index is 1.54. The van der Waals surface area contributed by atoms with E-state index in [0.29, 0.717) is 13.1 Å². The van der Waals surface area contributed by atoms with Crippen molar-refractivity contribution >= 4 is 44.4 Å². The maximum atomic E-state index is 10.6. The summed E-state index contributed by atoms with van der Waals surface area (Å²) in [4.78, 5) is 0. The van der Waals surface area contributed by atoms with Crippen LogP contribution in [-0.4, -0.2) is 22.3 Å². The summed E-state index contributed by atoms with van der Waals surface area (Å²) in [6.45, 7) is 1.91. The lowest BCUT2D eigenvalue weighted by Gasteiger charge is -2.15. The third-order valence-electron chi connectivity index (χ3n) is 4.68. The molecule has 1 aromatic heterocycles. The molecule has 1 unspecified atom stereocenters. The molecule has 4 rings (SSSR count). The van der Waals surface area contributed by atoms with E-state index in [-0.39, 0.29) is 0 Å². The van der Waals surface area contributed by atoms with Gasteiger partial charge in [-0.05, 0) is 52.4 Å². The molecule has 0 saturated heterocycles. The van der Waals surface area contributed by atoms with Gasteiger partial charge in [0.2, 0.25) is 0 Å². The number of benzene rings is 3. The average Bonchev–Trinajstić information content (AvgIpc) is 2.96. The molecule has 0 fully saturated rings. The first-order valence-corrected chi connectivity index (χ1v) is 9.89. The van der Waals surface area contributed by atoms with E-state index in [1.165, 1.54) is 30.9 Å². The highest BCUT2D eigenvalue weighted by molar-refractivity contribution is 14.1. The number of aliphatic hydroxyl groups excluding tert-OH is 1. The van der Waals surface area contributed by atoms with Gasteiger partial charge in [0.15, 0.2) is 0 Å². The van der Waals surface area contributed by atoms with Gasteiger partial charge in [-0.1, -0.05) is 48.5 Å². The lowest BCUT2D eigenvalue weighted by atomic mass is 10.2. The van der Waals surface area contributed by atoms with Crippen LogP contribution in [0.15, 0.2) is 72.8 Å². The molecule has 1 heterocycles. The number of hydrogen-bond acceptors (Lipinski definition) is 2. The van der Waals surface area contributed by atoms with Crippen molar-refractivity contribution in [2.75, 3.05) is 6.54 Å². The first-order valence-electron chi connectivity index (χ1n) is 8.81. The van der Waals surface area contributed by atoms with Crippen LogP contribution in [0.25, 0.3) is 21.8 Å². The molecule has 0 spiro atoms. The number of para-hydroxylation sites is 1. The van der Waals surface area contributed by atoms with Crippen molar-refractivity contribution in [2.24, 2.45) is 0 Å². The van der Waals surface area contributed by atoms with Gasteiger partial charge in [-0.25, -0.2) is 0 Å². The second-order valence-corrected chi connectivity index (χ2v) is 7.81. The fraction of sp³-hybridized carbons (Fsp3) is 0.182. The van der Waals surface area contributed by atoms with Gasteiger partial charge in [0.25, 0.3) is 0 Å². The third-order valence-corrected chi connectivity index (χ3v) is 5.35. The van der Waals surface area contributed by atoms with Gasteiger partial charge >= 0.3 is 0 Å². The zero-order chi connectivity index (χ0) is 17.9. The molecule has 3 nitrogen and oxygen atoms in total. The number of nitrogens with one attached hydrogen (secondary N) is 1. The minimum atomic E-state index is -0.447. The van der Waals surface area contributed by atoms with Crippen LogP contribution in [0.3, 0.4) is 0 Å². The van der Waals surface area contributed by atoms with Gasteiger partial charge in [0, 0.05) is 38.5 Å². The number of aromatic nitrogens is 1. The maximum absolute atomic E-state index is 10.6. The van der Waals surface area contributed by atoms with Crippen molar-refractivity contribution < 1.29 is 5.11 Å². The molecule has 3 aromatic carbocycles. The van der Waals surface area contributed by atoms with Crippen LogP contribution in [-0.2, 0) is 13.1 Å². The quantitative estimate of drug-likeness (QED) is 0.418. The lowest BCUT2D eigenvalue weighted by molar-refractivity contribution is 0.154. The Bertz CT molecular complexity index is 1030. The van der Waals surface area contributed by atoms with E-state index in [1.807, 2.05) is 18.2 Å². The number of aliphatic hydroxyl groups is 1. The summed E-state index contributed by atoms with van der Waals surface area (Å²) in [6, 6.07) is 25.2. The fourth-order valence-electron chi connectivity index (χ4n) is 3.48. The summed E-state index contributed by atoms with van der Waals surface area (Å²) >= 11 is 2.35. The zero-order valence-electron chi connectivity index (χ0n) is 14.4. The van der Waals surface area contributed by atoms with Crippen molar-refractivity contribution in [3.8, 4) is 0 Å². The van der Waals surface area contributed by atoms with E-state index in [0.717, 1.165) is 6.54 Å². The minimum absolute atomic E-state index is 0.447. The Labute approximate surface area is 166 Å². The second-order valence-electron chi connectivity index (χ2n) is 6.56. The predicted molar refractivity (Wildman–Crippen MR) is 116 cm³/mol. The Kier molecular flexibility index (Phi) is 5.24. The van der Waals surface area contributed by atoms with Crippen molar-refractivity contribution in [3.63, 3.8) is 0 Å². The Morgan fingerprint density at radius 1 is 0.885 bits per heavy atom. The monoisotopic (exact) mass is 456 g/mol. The van der Waals surface area contributed by atoms with Crippen molar-refractivity contribution in [1.82, 2.24) is 9.88 Å². The first kappa shape index (κ1) is 17.5. The number of halogens is 1. The smallest absolute Gasteiger partial charge is 0.0843 e. The number of hydrogen-bond donors (Lipinski definition) is 2. The summed E-state index contributed by atoms with van der Waals surface area (Å²) in [5.41, 5.74) is 3.58. The molecule has 132 valence electrons. The Hall–Kier alpha value is -1.89. The summed E-state index contributed by atoms with van der Waals surface area (Å²) < 4.78 is 3.46. The van der Waals surface area contributed by atoms with Crippen LogP contribution in [0.1, 0.15) is 5.56 Å². The van der Waals surface area contributed by atoms with E-state index < -0.39 is 6.10 Å². The summed E-state index contributed by atoms with van der Waals surface area (Å²) in [7, 11) is 0. The SMILES string of the molecule is OC(CNCc1ccccc1)Cn1c2ccccc2c2cc(I)ccc21. The summed E-state index contributed by atoms with van der Waals surface area (Å²) in [5.74, 6) is 0. The first-order chi connectivity index (χ1) is 12.7. The summed E-state index contributed by atoms with van der Waals surface area (Å²) in [6.07, 6.45) is -0.447. The van der Waals surface area contributed by atoms with Crippen LogP contribution in [0.4, 0.5) is 0 Å². The predicted octanol–water partition coefficient (Wildman–Crippen LogP) is 4.55. The summed E-state index contributed by atoms with van der Waals surface area (Å²) in [5, 5.41) is 16.4. The normalized spacial score (nSPS) is 12.7. The average molecular weight is 456 g/mol. The van der Waals surface area contributed by atoms with E-state index in [4.69, 9.17) is 0 Å². The van der Waals surface area contributed by atoms with Gasteiger partial charge in [-0.15, -0.1) is 0 Å². The van der Waals surface area contributed by atoms with E-state index in [9.17, 15) is 5.11 Å². The molecule has 0 amide bonds. The Morgan fingerprint density at radius 2 is 1.62 bits per heavy atom. The third kappa shape index (κ3) is 3.63. The van der Waals surface area contributed by atoms with E-state index in [2.05, 4.69) is 87.1 Å². The maximum Gasteiger partial charge on any atom is 0.0843 e. The largest absolute Gasteiger partial charge is 0.390 e. The van der Waals surface area contributed by atoms with E-state index >= 15 is 0 Å². The molecule has 1 atom stereocenters. The second kappa shape index (κ2) is 7.78. The van der Waals surface area contributed by atoms with Gasteiger partial charge in [0.05, 0.1) is 12.6 Å². The molecule has 4 heteroatoms. The molecule has 2 N–H and O–H groups in total. The van der Waals surface area contributed by atoms with Gasteiger partial charge in [-0.3, -0.25) is 0 Å². The highest BCUT2D eigenvalue weighted by atomic mass is 127. The zero-order valence-corrected chi connectivity index (χ0v) is 16.6. The standard InChI is InChI=1S/C22H21IN2O/c23-17-10-11-22-20(12-17)19-8-4-5-9-21(19)25(22)15-18(26)14-24-13-16-6-2-1-3-7-16/h1-12,18,24,26H,13-15H2. The number of rotatable bonds is 6. The molecular formula is C22H21IN2O. The fourth-order valence-corrected chi connectivity index (χ4v) is 3.97. The van der Waals surface area contributed by atoms with Crippen molar-refractivity contribution in [3.05, 3.63) is 81.9 Å². The highest BCUT2D eigenvalue weighted by Crippen LogP contribution is 2.30. The van der Waals surface area contributed by atoms with Crippen LogP contribution in [0.2, 0.25) is 0 Å². The molecule has 0 bridgehead atoms. The van der Waals surface area contributed by atoms with Crippen LogP contribution in [0, 0.1) is 3.57 Å². The molecule has 0 aliphatic rings. The molecule has 0 radical (unpaired) electrons. The molecular weight excluding hydrogens is 435 g/mol. The number of fused-ring (bicyclic) bond motifs is 3. The van der Waals surface area contributed by atoms with E-state index in [1.54, 1.807) is 0 Å². The van der Waals surface area contributed by atoms with Gasteiger partial charge in [0.1, 0.15) is 0 Å².